The van der Waals surface area contributed by atoms with E-state index in [0.717, 1.165) is 39.6 Å². The van der Waals surface area contributed by atoms with Gasteiger partial charge in [0.15, 0.2) is 0 Å². The molecule has 5 heteroatoms. The summed E-state index contributed by atoms with van der Waals surface area (Å²) in [6.45, 7) is 7.95. The Kier molecular flexibility index (Phi) is 11.2. The maximum Gasteiger partial charge on any atom is 0.104 e. The van der Waals surface area contributed by atoms with E-state index in [1.54, 1.807) is 0 Å². The van der Waals surface area contributed by atoms with Crippen molar-refractivity contribution in [3.05, 3.63) is 70.8 Å². The van der Waals surface area contributed by atoms with Gasteiger partial charge in [-0.25, -0.2) is 0 Å². The first-order valence-electron chi connectivity index (χ1n) is 13.1. The van der Waals surface area contributed by atoms with Crippen molar-refractivity contribution in [1.82, 2.24) is 4.90 Å². The monoisotopic (exact) mass is 503 g/mol. The number of halogens is 1. The van der Waals surface area contributed by atoms with Crippen molar-refractivity contribution in [1.29, 1.82) is 0 Å². The van der Waals surface area contributed by atoms with Crippen molar-refractivity contribution in [2.24, 2.45) is 0 Å². The first kappa shape index (κ1) is 29.8. The van der Waals surface area contributed by atoms with E-state index in [9.17, 15) is 0 Å². The van der Waals surface area contributed by atoms with E-state index in [1.165, 1.54) is 54.7 Å². The number of hydrogen-bond acceptors (Lipinski definition) is 1. The Morgan fingerprint density at radius 3 is 1.17 bits per heavy atom. The molecule has 0 spiro atoms. The van der Waals surface area contributed by atoms with Crippen LogP contribution in [-0.2, 0) is 25.5 Å². The predicted molar refractivity (Wildman–Crippen MR) is 152 cm³/mol. The molecule has 0 saturated carbocycles. The Morgan fingerprint density at radius 1 is 0.543 bits per heavy atom. The minimum absolute atomic E-state index is 0.586. The molecule has 0 amide bonds. The van der Waals surface area contributed by atoms with Crippen LogP contribution in [0.3, 0.4) is 0 Å². The van der Waals surface area contributed by atoms with Crippen molar-refractivity contribution in [3.63, 3.8) is 0 Å². The van der Waals surface area contributed by atoms with Gasteiger partial charge in [0, 0.05) is 42.0 Å². The zero-order chi connectivity index (χ0) is 26.1. The first-order chi connectivity index (χ1) is 16.3. The highest BCUT2D eigenvalue weighted by molar-refractivity contribution is 6.17. The summed E-state index contributed by atoms with van der Waals surface area (Å²) in [6, 6.07) is 18.1. The van der Waals surface area contributed by atoms with Crippen LogP contribution in [0, 0.1) is 0 Å². The predicted octanol–water partition coefficient (Wildman–Crippen LogP) is 5.20. The van der Waals surface area contributed by atoms with Crippen LogP contribution >= 0.6 is 11.6 Å². The van der Waals surface area contributed by atoms with Crippen molar-refractivity contribution in [2.75, 3.05) is 82.6 Å². The average molecular weight is 504 g/mol. The van der Waals surface area contributed by atoms with Crippen molar-refractivity contribution in [2.45, 2.75) is 38.4 Å². The molecule has 0 atom stereocenters. The van der Waals surface area contributed by atoms with Crippen LogP contribution in [0.5, 0.6) is 0 Å². The molecular weight excluding hydrogens is 452 g/mol. The van der Waals surface area contributed by atoms with E-state index in [2.05, 4.69) is 110 Å². The van der Waals surface area contributed by atoms with Gasteiger partial charge in [-0.15, -0.1) is 11.6 Å². The van der Waals surface area contributed by atoms with Gasteiger partial charge in [-0.3, -0.25) is 0 Å². The quantitative estimate of drug-likeness (QED) is 0.238. The summed E-state index contributed by atoms with van der Waals surface area (Å²) in [7, 11) is 18.4. The maximum absolute atomic E-state index is 5.93. The lowest BCUT2D eigenvalue weighted by molar-refractivity contribution is -0.922. The standard InChI is InChI=1S/C30H52ClN4/c1-32(2)19-9-20-33(3,4)24-29-15-17-30(18-16-29)26-35(7,8)22-10-21-34(5,6)25-28-13-11-27(23-31)12-14-28/h11-18H,9-10,19-26H2,1-8H3/q+3. The Labute approximate surface area is 221 Å². The SMILES string of the molecule is CN(C)CCC[N+](C)(C)Cc1ccc(C[N+](C)(C)CCC[N+](C)(C)Cc2ccc(CCl)cc2)cc1. The largest absolute Gasteiger partial charge is 0.325 e. The number of alkyl halides is 1. The fourth-order valence-corrected chi connectivity index (χ4v) is 5.12. The molecule has 35 heavy (non-hydrogen) atoms. The second-order valence-corrected chi connectivity index (χ2v) is 13.0. The highest BCUT2D eigenvalue weighted by Crippen LogP contribution is 2.17. The molecule has 0 radical (unpaired) electrons. The minimum Gasteiger partial charge on any atom is -0.325 e. The molecular formula is C30H52ClN4+3. The Balaban J connectivity index is 1.81. The van der Waals surface area contributed by atoms with E-state index in [4.69, 9.17) is 11.6 Å². The zero-order valence-electron chi connectivity index (χ0n) is 23.9. The van der Waals surface area contributed by atoms with Gasteiger partial charge >= 0.3 is 0 Å². The van der Waals surface area contributed by atoms with Gasteiger partial charge in [-0.1, -0.05) is 48.5 Å². The summed E-state index contributed by atoms with van der Waals surface area (Å²) in [5.41, 5.74) is 5.45. The summed E-state index contributed by atoms with van der Waals surface area (Å²) in [6.07, 6.45) is 2.45. The van der Waals surface area contributed by atoms with Crippen LogP contribution in [0.2, 0.25) is 0 Å². The lowest BCUT2D eigenvalue weighted by Gasteiger charge is -2.34. The summed E-state index contributed by atoms with van der Waals surface area (Å²) >= 11 is 5.93. The third-order valence-electron chi connectivity index (χ3n) is 6.93. The van der Waals surface area contributed by atoms with Gasteiger partial charge in [0.05, 0.1) is 61.9 Å². The molecule has 0 aliphatic carbocycles. The smallest absolute Gasteiger partial charge is 0.104 e. The summed E-state index contributed by atoms with van der Waals surface area (Å²) < 4.78 is 3.08. The highest BCUT2D eigenvalue weighted by atomic mass is 35.5. The Bertz CT molecular complexity index is 870. The molecule has 2 rings (SSSR count). The fraction of sp³-hybridized carbons (Fsp3) is 0.600. The molecule has 0 bridgehead atoms. The van der Waals surface area contributed by atoms with Crippen LogP contribution in [0.25, 0.3) is 0 Å². The average Bonchev–Trinajstić information content (AvgIpc) is 2.74. The molecule has 0 unspecified atom stereocenters. The van der Waals surface area contributed by atoms with Crippen LogP contribution in [-0.4, -0.2) is 101 Å². The van der Waals surface area contributed by atoms with Gasteiger partial charge in [0.2, 0.25) is 0 Å². The van der Waals surface area contributed by atoms with E-state index in [0.29, 0.717) is 5.88 Å². The van der Waals surface area contributed by atoms with Crippen molar-refractivity contribution in [3.8, 4) is 0 Å². The molecule has 2 aromatic carbocycles. The first-order valence-corrected chi connectivity index (χ1v) is 13.7. The second-order valence-electron chi connectivity index (χ2n) is 12.7. The van der Waals surface area contributed by atoms with Crippen molar-refractivity contribution < 1.29 is 13.4 Å². The van der Waals surface area contributed by atoms with Gasteiger partial charge in [0.1, 0.15) is 19.6 Å². The number of quaternary nitrogens is 3. The van der Waals surface area contributed by atoms with Gasteiger partial charge < -0.3 is 18.3 Å². The summed E-state index contributed by atoms with van der Waals surface area (Å²) in [5.74, 6) is 0.586. The molecule has 0 fully saturated rings. The lowest BCUT2D eigenvalue weighted by atomic mass is 10.1. The molecule has 0 aliphatic heterocycles. The van der Waals surface area contributed by atoms with Crippen LogP contribution in [0.1, 0.15) is 35.1 Å². The Morgan fingerprint density at radius 2 is 0.857 bits per heavy atom. The van der Waals surface area contributed by atoms with Gasteiger partial charge in [0.25, 0.3) is 0 Å². The third kappa shape index (κ3) is 11.9. The zero-order valence-corrected chi connectivity index (χ0v) is 24.6. The lowest BCUT2D eigenvalue weighted by Crippen LogP contribution is -2.44. The molecule has 0 N–H and O–H groups in total. The number of benzene rings is 2. The number of nitrogens with zero attached hydrogens (tertiary/aromatic N) is 4. The van der Waals surface area contributed by atoms with E-state index >= 15 is 0 Å². The van der Waals surface area contributed by atoms with Gasteiger partial charge in [-0.2, -0.15) is 0 Å². The van der Waals surface area contributed by atoms with Crippen LogP contribution in [0.4, 0.5) is 0 Å². The minimum atomic E-state index is 0.586. The third-order valence-corrected chi connectivity index (χ3v) is 7.24. The second kappa shape index (κ2) is 13.2. The van der Waals surface area contributed by atoms with Crippen LogP contribution in [0.15, 0.2) is 48.5 Å². The Hall–Kier alpha value is -1.43. The maximum atomic E-state index is 5.93. The highest BCUT2D eigenvalue weighted by Gasteiger charge is 2.21. The van der Waals surface area contributed by atoms with E-state index < -0.39 is 0 Å². The normalized spacial score (nSPS) is 13.0. The molecule has 0 saturated heterocycles. The van der Waals surface area contributed by atoms with E-state index in [-0.39, 0.29) is 0 Å². The fourth-order valence-electron chi connectivity index (χ4n) is 4.95. The summed E-state index contributed by atoms with van der Waals surface area (Å²) in [4.78, 5) is 2.27. The molecule has 2 aromatic rings. The molecule has 196 valence electrons. The van der Waals surface area contributed by atoms with E-state index in [1.807, 2.05) is 0 Å². The molecule has 4 nitrogen and oxygen atoms in total. The van der Waals surface area contributed by atoms with Gasteiger partial charge in [-0.05, 0) is 19.7 Å². The van der Waals surface area contributed by atoms with Crippen molar-refractivity contribution >= 4 is 11.6 Å². The number of hydrogen-bond donors (Lipinski definition) is 0. The topological polar surface area (TPSA) is 3.24 Å². The summed E-state index contributed by atoms with van der Waals surface area (Å²) in [5, 5.41) is 0. The number of rotatable bonds is 15. The molecule has 0 aromatic heterocycles. The van der Waals surface area contributed by atoms with Crippen LogP contribution < -0.4 is 0 Å². The molecule has 0 aliphatic rings. The molecule has 0 heterocycles.